The molecular weight excluding hydrogens is 347 g/mol. The van der Waals surface area contributed by atoms with Crippen LogP contribution in [0.3, 0.4) is 0 Å². The third-order valence-electron chi connectivity index (χ3n) is 3.15. The number of sulfonamides is 1. The molecular formula is C14H16F3N3O3S. The van der Waals surface area contributed by atoms with E-state index in [4.69, 9.17) is 4.52 Å². The van der Waals surface area contributed by atoms with Crippen molar-refractivity contribution < 1.29 is 26.1 Å². The van der Waals surface area contributed by atoms with Crippen molar-refractivity contribution in [3.8, 4) is 0 Å². The lowest BCUT2D eigenvalue weighted by molar-refractivity contribution is 0.368. The van der Waals surface area contributed by atoms with Crippen LogP contribution in [0.1, 0.15) is 37.9 Å². The Balaban J connectivity index is 1.94. The predicted molar refractivity (Wildman–Crippen MR) is 78.2 cm³/mol. The monoisotopic (exact) mass is 363 g/mol. The fourth-order valence-corrected chi connectivity index (χ4v) is 2.99. The van der Waals surface area contributed by atoms with Crippen LogP contribution >= 0.6 is 0 Å². The Morgan fingerprint density at radius 1 is 1.21 bits per heavy atom. The molecule has 0 fully saturated rings. The Kier molecular flexibility index (Phi) is 5.60. The molecule has 0 saturated carbocycles. The van der Waals surface area contributed by atoms with E-state index in [-0.39, 0.29) is 12.5 Å². The molecule has 0 aliphatic carbocycles. The molecule has 1 aromatic heterocycles. The molecule has 0 bridgehead atoms. The van der Waals surface area contributed by atoms with Crippen LogP contribution in [-0.2, 0) is 16.4 Å². The minimum Gasteiger partial charge on any atom is -0.339 e. The highest BCUT2D eigenvalue weighted by Crippen LogP contribution is 2.19. The van der Waals surface area contributed by atoms with Gasteiger partial charge in [-0.2, -0.15) is 4.98 Å². The van der Waals surface area contributed by atoms with Crippen molar-refractivity contribution in [2.45, 2.75) is 37.5 Å². The third-order valence-corrected chi connectivity index (χ3v) is 4.63. The summed E-state index contributed by atoms with van der Waals surface area (Å²) in [4.78, 5) is 3.19. The summed E-state index contributed by atoms with van der Waals surface area (Å²) in [6, 6.07) is 1.22. The summed E-state index contributed by atoms with van der Waals surface area (Å²) in [6.45, 7) is 3.75. The first-order valence-electron chi connectivity index (χ1n) is 7.18. The van der Waals surface area contributed by atoms with Crippen molar-refractivity contribution in [2.75, 3.05) is 6.54 Å². The summed E-state index contributed by atoms with van der Waals surface area (Å²) in [7, 11) is -4.29. The summed E-state index contributed by atoms with van der Waals surface area (Å²) >= 11 is 0. The molecule has 1 N–H and O–H groups in total. The Bertz CT molecular complexity index is 822. The molecule has 6 nitrogen and oxygen atoms in total. The van der Waals surface area contributed by atoms with Gasteiger partial charge in [-0.15, -0.1) is 0 Å². The summed E-state index contributed by atoms with van der Waals surface area (Å²) in [6.07, 6.45) is 0.632. The Labute approximate surface area is 137 Å². The summed E-state index contributed by atoms with van der Waals surface area (Å²) in [5.41, 5.74) is 0. The van der Waals surface area contributed by atoms with Crippen molar-refractivity contribution in [2.24, 2.45) is 0 Å². The lowest BCUT2D eigenvalue weighted by Gasteiger charge is -2.07. The number of aromatic nitrogens is 2. The molecule has 1 aromatic carbocycles. The SMILES string of the molecule is CC(C)c1noc(CCCNS(=O)(=O)c2ccc(F)c(F)c2F)n1. The van der Waals surface area contributed by atoms with Crippen molar-refractivity contribution in [1.29, 1.82) is 0 Å². The van der Waals surface area contributed by atoms with E-state index in [9.17, 15) is 21.6 Å². The number of hydrogen-bond acceptors (Lipinski definition) is 5. The second kappa shape index (κ2) is 7.31. The van der Waals surface area contributed by atoms with Crippen LogP contribution in [0, 0.1) is 17.5 Å². The van der Waals surface area contributed by atoms with Gasteiger partial charge in [-0.05, 0) is 18.6 Å². The van der Waals surface area contributed by atoms with Crippen LogP contribution < -0.4 is 4.72 Å². The lowest BCUT2D eigenvalue weighted by atomic mass is 10.2. The van der Waals surface area contributed by atoms with E-state index in [1.54, 1.807) is 0 Å². The molecule has 1 heterocycles. The van der Waals surface area contributed by atoms with Gasteiger partial charge >= 0.3 is 0 Å². The van der Waals surface area contributed by atoms with Crippen LogP contribution in [0.5, 0.6) is 0 Å². The molecule has 0 spiro atoms. The number of aryl methyl sites for hydroxylation is 1. The van der Waals surface area contributed by atoms with E-state index in [1.165, 1.54) is 0 Å². The molecule has 132 valence electrons. The van der Waals surface area contributed by atoms with Gasteiger partial charge in [-0.1, -0.05) is 19.0 Å². The van der Waals surface area contributed by atoms with Crippen molar-refractivity contribution in [1.82, 2.24) is 14.9 Å². The lowest BCUT2D eigenvalue weighted by Crippen LogP contribution is -2.26. The molecule has 0 unspecified atom stereocenters. The van der Waals surface area contributed by atoms with Gasteiger partial charge < -0.3 is 4.52 Å². The minimum absolute atomic E-state index is 0.0554. The van der Waals surface area contributed by atoms with E-state index in [1.807, 2.05) is 13.8 Å². The molecule has 24 heavy (non-hydrogen) atoms. The average molecular weight is 363 g/mol. The summed E-state index contributed by atoms with van der Waals surface area (Å²) in [5, 5.41) is 3.77. The minimum atomic E-state index is -4.29. The van der Waals surface area contributed by atoms with Crippen molar-refractivity contribution >= 4 is 10.0 Å². The molecule has 0 saturated heterocycles. The maximum Gasteiger partial charge on any atom is 0.243 e. The van der Waals surface area contributed by atoms with E-state index < -0.39 is 32.4 Å². The molecule has 0 aliphatic heterocycles. The zero-order chi connectivity index (χ0) is 17.9. The third kappa shape index (κ3) is 4.12. The summed E-state index contributed by atoms with van der Waals surface area (Å²) < 4.78 is 70.5. The number of halogens is 3. The number of nitrogens with one attached hydrogen (secondary N) is 1. The van der Waals surface area contributed by atoms with Gasteiger partial charge in [0.2, 0.25) is 15.9 Å². The predicted octanol–water partition coefficient (Wildman–Crippen LogP) is 2.52. The molecule has 2 aromatic rings. The van der Waals surface area contributed by atoms with Crippen molar-refractivity contribution in [3.63, 3.8) is 0 Å². The van der Waals surface area contributed by atoms with Gasteiger partial charge in [0, 0.05) is 18.9 Å². The van der Waals surface area contributed by atoms with E-state index in [2.05, 4.69) is 14.9 Å². The Morgan fingerprint density at radius 3 is 2.54 bits per heavy atom. The van der Waals surface area contributed by atoms with E-state index in [0.29, 0.717) is 36.7 Å². The van der Waals surface area contributed by atoms with Gasteiger partial charge in [-0.3, -0.25) is 0 Å². The van der Waals surface area contributed by atoms with Crippen LogP contribution in [0.15, 0.2) is 21.6 Å². The first-order chi connectivity index (χ1) is 11.2. The maximum atomic E-state index is 13.5. The van der Waals surface area contributed by atoms with Crippen molar-refractivity contribution in [3.05, 3.63) is 41.3 Å². The van der Waals surface area contributed by atoms with Gasteiger partial charge in [0.1, 0.15) is 4.90 Å². The fourth-order valence-electron chi connectivity index (χ4n) is 1.84. The number of nitrogens with zero attached hydrogens (tertiary/aromatic N) is 2. The normalized spacial score (nSPS) is 12.1. The van der Waals surface area contributed by atoms with Gasteiger partial charge in [0.05, 0.1) is 0 Å². The largest absolute Gasteiger partial charge is 0.339 e. The quantitative estimate of drug-likeness (QED) is 0.604. The van der Waals surface area contributed by atoms with Crippen LogP contribution in [0.4, 0.5) is 13.2 Å². The van der Waals surface area contributed by atoms with E-state index in [0.717, 1.165) is 0 Å². The second-order valence-electron chi connectivity index (χ2n) is 5.38. The zero-order valence-corrected chi connectivity index (χ0v) is 13.8. The molecule has 0 amide bonds. The molecule has 2 rings (SSSR count). The standard InChI is InChI=1S/C14H16F3N3O3S/c1-8(2)14-19-11(23-20-14)4-3-7-18-24(21,22)10-6-5-9(15)12(16)13(10)17/h5-6,8,18H,3-4,7H2,1-2H3. The maximum absolute atomic E-state index is 13.5. The summed E-state index contributed by atoms with van der Waals surface area (Å²) in [5.74, 6) is -4.02. The van der Waals surface area contributed by atoms with E-state index >= 15 is 0 Å². The first kappa shape index (κ1) is 18.4. The highest BCUT2D eigenvalue weighted by Gasteiger charge is 2.23. The van der Waals surface area contributed by atoms with Gasteiger partial charge in [-0.25, -0.2) is 26.3 Å². The molecule has 0 atom stereocenters. The van der Waals surface area contributed by atoms with Gasteiger partial charge in [0.15, 0.2) is 23.3 Å². The Morgan fingerprint density at radius 2 is 1.92 bits per heavy atom. The highest BCUT2D eigenvalue weighted by atomic mass is 32.2. The fraction of sp³-hybridized carbons (Fsp3) is 0.429. The highest BCUT2D eigenvalue weighted by molar-refractivity contribution is 7.89. The molecule has 10 heteroatoms. The molecule has 0 radical (unpaired) electrons. The number of hydrogen-bond donors (Lipinski definition) is 1. The second-order valence-corrected chi connectivity index (χ2v) is 7.11. The first-order valence-corrected chi connectivity index (χ1v) is 8.66. The average Bonchev–Trinajstić information content (AvgIpc) is 2.98. The van der Waals surface area contributed by atoms with Crippen LogP contribution in [0.25, 0.3) is 0 Å². The number of benzene rings is 1. The van der Waals surface area contributed by atoms with Gasteiger partial charge in [0.25, 0.3) is 0 Å². The Hall–Kier alpha value is -1.94. The zero-order valence-electron chi connectivity index (χ0n) is 13.0. The smallest absolute Gasteiger partial charge is 0.243 e. The number of rotatable bonds is 7. The van der Waals surface area contributed by atoms with Crippen LogP contribution in [0.2, 0.25) is 0 Å². The molecule has 0 aliphatic rings. The van der Waals surface area contributed by atoms with Crippen LogP contribution in [-0.4, -0.2) is 25.1 Å². The topological polar surface area (TPSA) is 85.1 Å².